The molecule has 1 aromatic rings. The van der Waals surface area contributed by atoms with Crippen molar-refractivity contribution in [1.82, 2.24) is 15.3 Å². The van der Waals surface area contributed by atoms with Gasteiger partial charge in [-0.15, -0.1) is 0 Å². The molecule has 0 spiro atoms. The molecule has 0 aliphatic heterocycles. The Hall–Kier alpha value is -0.610. The first-order valence-corrected chi connectivity index (χ1v) is 5.83. The van der Waals surface area contributed by atoms with E-state index in [1.54, 1.807) is 12.4 Å². The van der Waals surface area contributed by atoms with Crippen molar-refractivity contribution in [1.29, 1.82) is 0 Å². The molecule has 0 aliphatic carbocycles. The molecule has 1 rings (SSSR count). The predicted molar refractivity (Wildman–Crippen MR) is 61.4 cm³/mol. The average molecular weight is 211 g/mol. The van der Waals surface area contributed by atoms with E-state index in [1.807, 2.05) is 25.0 Å². The summed E-state index contributed by atoms with van der Waals surface area (Å²) in [5, 5.41) is 3.91. The van der Waals surface area contributed by atoms with Crippen LogP contribution in [-0.4, -0.2) is 28.0 Å². The van der Waals surface area contributed by atoms with Crippen LogP contribution in [0.2, 0.25) is 0 Å². The summed E-state index contributed by atoms with van der Waals surface area (Å²) < 4.78 is 0. The smallest absolute Gasteiger partial charge is 0.0764 e. The first kappa shape index (κ1) is 11.5. The molecule has 0 aliphatic rings. The van der Waals surface area contributed by atoms with Gasteiger partial charge in [0.15, 0.2) is 0 Å². The van der Waals surface area contributed by atoms with Gasteiger partial charge in [0.1, 0.15) is 0 Å². The van der Waals surface area contributed by atoms with Crippen molar-refractivity contribution in [3.05, 3.63) is 24.3 Å². The van der Waals surface area contributed by atoms with Gasteiger partial charge in [-0.3, -0.25) is 9.97 Å². The maximum atomic E-state index is 4.29. The van der Waals surface area contributed by atoms with Gasteiger partial charge in [0.25, 0.3) is 0 Å². The second kappa shape index (κ2) is 5.98. The van der Waals surface area contributed by atoms with E-state index in [4.69, 9.17) is 0 Å². The van der Waals surface area contributed by atoms with E-state index in [0.717, 1.165) is 11.4 Å². The summed E-state index contributed by atoms with van der Waals surface area (Å²) in [6.07, 6.45) is 5.26. The molecule has 78 valence electrons. The monoisotopic (exact) mass is 211 g/mol. The summed E-state index contributed by atoms with van der Waals surface area (Å²) in [5.74, 6) is 1.03. The van der Waals surface area contributed by atoms with Crippen molar-refractivity contribution in [3.8, 4) is 0 Å². The van der Waals surface area contributed by atoms with Crippen molar-refractivity contribution in [2.75, 3.05) is 12.8 Å². The zero-order chi connectivity index (χ0) is 10.4. The van der Waals surface area contributed by atoms with E-state index < -0.39 is 0 Å². The Bertz CT molecular complexity index is 251. The summed E-state index contributed by atoms with van der Waals surface area (Å²) in [6.45, 7) is 4.40. The summed E-state index contributed by atoms with van der Waals surface area (Å²) in [4.78, 5) is 8.36. The van der Waals surface area contributed by atoms with E-state index in [2.05, 4.69) is 29.1 Å². The van der Waals surface area contributed by atoms with Gasteiger partial charge in [-0.05, 0) is 12.3 Å². The fourth-order valence-electron chi connectivity index (χ4n) is 1.10. The average Bonchev–Trinajstić information content (AvgIpc) is 2.20. The molecule has 1 heterocycles. The molecule has 0 bridgehead atoms. The van der Waals surface area contributed by atoms with Crippen LogP contribution < -0.4 is 5.32 Å². The second-order valence-corrected chi connectivity index (χ2v) is 4.96. The van der Waals surface area contributed by atoms with Crippen LogP contribution in [0.25, 0.3) is 0 Å². The number of hydrogen-bond acceptors (Lipinski definition) is 4. The highest BCUT2D eigenvalue weighted by molar-refractivity contribution is 7.99. The van der Waals surface area contributed by atoms with E-state index in [0.29, 0.717) is 11.3 Å². The minimum Gasteiger partial charge on any atom is -0.311 e. The van der Waals surface area contributed by atoms with Gasteiger partial charge in [0.05, 0.1) is 11.7 Å². The maximum Gasteiger partial charge on any atom is 0.0764 e. The Morgan fingerprint density at radius 2 is 2.21 bits per heavy atom. The minimum absolute atomic E-state index is 0.302. The largest absolute Gasteiger partial charge is 0.311 e. The van der Waals surface area contributed by atoms with Gasteiger partial charge in [-0.1, -0.05) is 13.8 Å². The summed E-state index contributed by atoms with van der Waals surface area (Å²) >= 11 is 1.93. The molecule has 1 N–H and O–H groups in total. The van der Waals surface area contributed by atoms with Crippen molar-refractivity contribution < 1.29 is 0 Å². The molecule has 0 amide bonds. The molecule has 0 radical (unpaired) electrons. The van der Waals surface area contributed by atoms with Gasteiger partial charge in [0.2, 0.25) is 0 Å². The standard InChI is InChI=1S/C10H17N3S/c1-8(2)14-7-10(11-3)9-6-12-4-5-13-9/h4-6,8,10-11H,7H2,1-3H3. The van der Waals surface area contributed by atoms with Crippen molar-refractivity contribution >= 4 is 11.8 Å². The lowest BCUT2D eigenvalue weighted by atomic mass is 10.2. The molecular formula is C10H17N3S. The lowest BCUT2D eigenvalue weighted by Gasteiger charge is -2.15. The van der Waals surface area contributed by atoms with Gasteiger partial charge in [-0.2, -0.15) is 11.8 Å². The van der Waals surface area contributed by atoms with Crippen LogP contribution in [0.1, 0.15) is 25.6 Å². The molecular weight excluding hydrogens is 194 g/mol. The van der Waals surface area contributed by atoms with Crippen LogP contribution in [0.4, 0.5) is 0 Å². The fourth-order valence-corrected chi connectivity index (χ4v) is 2.01. The Labute approximate surface area is 89.7 Å². The highest BCUT2D eigenvalue weighted by Crippen LogP contribution is 2.18. The molecule has 0 saturated heterocycles. The zero-order valence-electron chi connectivity index (χ0n) is 8.90. The molecule has 4 heteroatoms. The van der Waals surface area contributed by atoms with Crippen molar-refractivity contribution in [2.24, 2.45) is 0 Å². The third-order valence-corrected chi connectivity index (χ3v) is 3.08. The van der Waals surface area contributed by atoms with Gasteiger partial charge in [-0.25, -0.2) is 0 Å². The molecule has 3 nitrogen and oxygen atoms in total. The summed E-state index contributed by atoms with van der Waals surface area (Å²) in [5.41, 5.74) is 1.02. The number of aromatic nitrogens is 2. The topological polar surface area (TPSA) is 37.8 Å². The van der Waals surface area contributed by atoms with E-state index in [-0.39, 0.29) is 0 Å². The van der Waals surface area contributed by atoms with Crippen LogP contribution in [0.15, 0.2) is 18.6 Å². The molecule has 0 fully saturated rings. The maximum absolute atomic E-state index is 4.29. The van der Waals surface area contributed by atoms with Gasteiger partial charge >= 0.3 is 0 Å². The first-order valence-electron chi connectivity index (χ1n) is 4.78. The van der Waals surface area contributed by atoms with Crippen LogP contribution in [0.3, 0.4) is 0 Å². The van der Waals surface area contributed by atoms with Crippen LogP contribution >= 0.6 is 11.8 Å². The number of nitrogens with one attached hydrogen (secondary N) is 1. The number of hydrogen-bond donors (Lipinski definition) is 1. The fraction of sp³-hybridized carbons (Fsp3) is 0.600. The summed E-state index contributed by atoms with van der Waals surface area (Å²) in [6, 6.07) is 0.302. The van der Waals surface area contributed by atoms with E-state index in [1.165, 1.54) is 0 Å². The van der Waals surface area contributed by atoms with Gasteiger partial charge < -0.3 is 5.32 Å². The first-order chi connectivity index (χ1) is 6.74. The summed E-state index contributed by atoms with van der Waals surface area (Å²) in [7, 11) is 1.96. The van der Waals surface area contributed by atoms with E-state index in [9.17, 15) is 0 Å². The van der Waals surface area contributed by atoms with Crippen molar-refractivity contribution in [2.45, 2.75) is 25.1 Å². The molecule has 14 heavy (non-hydrogen) atoms. The SMILES string of the molecule is CNC(CSC(C)C)c1cnccn1. The van der Waals surface area contributed by atoms with Crippen LogP contribution in [0.5, 0.6) is 0 Å². The Morgan fingerprint density at radius 1 is 1.43 bits per heavy atom. The van der Waals surface area contributed by atoms with Crippen LogP contribution in [-0.2, 0) is 0 Å². The zero-order valence-corrected chi connectivity index (χ0v) is 9.71. The number of nitrogens with zero attached hydrogens (tertiary/aromatic N) is 2. The third kappa shape index (κ3) is 3.64. The Kier molecular flexibility index (Phi) is 4.90. The number of rotatable bonds is 5. The molecule has 0 saturated carbocycles. The second-order valence-electron chi connectivity index (χ2n) is 3.35. The highest BCUT2D eigenvalue weighted by Gasteiger charge is 2.11. The lowest BCUT2D eigenvalue weighted by molar-refractivity contribution is 0.637. The van der Waals surface area contributed by atoms with E-state index >= 15 is 0 Å². The minimum atomic E-state index is 0.302. The molecule has 0 aromatic carbocycles. The quantitative estimate of drug-likeness (QED) is 0.807. The lowest BCUT2D eigenvalue weighted by Crippen LogP contribution is -2.20. The molecule has 1 atom stereocenters. The third-order valence-electron chi connectivity index (χ3n) is 1.88. The highest BCUT2D eigenvalue weighted by atomic mass is 32.2. The van der Waals surface area contributed by atoms with Crippen molar-refractivity contribution in [3.63, 3.8) is 0 Å². The van der Waals surface area contributed by atoms with Crippen LogP contribution in [0, 0.1) is 0 Å². The predicted octanol–water partition coefficient (Wildman–Crippen LogP) is 1.88. The Morgan fingerprint density at radius 3 is 2.71 bits per heavy atom. The number of thioether (sulfide) groups is 1. The molecule has 1 aromatic heterocycles. The van der Waals surface area contributed by atoms with Gasteiger partial charge in [0, 0.05) is 24.3 Å². The molecule has 1 unspecified atom stereocenters. The Balaban J connectivity index is 2.54. The normalized spacial score (nSPS) is 13.1.